The molecule has 0 aliphatic carbocycles. The summed E-state index contributed by atoms with van der Waals surface area (Å²) in [5.41, 5.74) is -0.185. The smallest absolute Gasteiger partial charge is 0.337 e. The van der Waals surface area contributed by atoms with Gasteiger partial charge in [-0.15, -0.1) is 0 Å². The zero-order valence-electron chi connectivity index (χ0n) is 12.1. The lowest BCUT2D eigenvalue weighted by molar-refractivity contribution is 0.0698. The molecule has 0 heterocycles. The molecular formula is C13H19NO6S. The molecule has 0 unspecified atom stereocenters. The topological polar surface area (TPSA) is 102 Å². The molecule has 0 radical (unpaired) electrons. The van der Waals surface area contributed by atoms with Gasteiger partial charge in [-0.2, -0.15) is 0 Å². The number of hydrogen-bond acceptors (Lipinski definition) is 5. The number of hydrogen-bond donors (Lipinski definition) is 2. The molecular weight excluding hydrogens is 298 g/mol. The van der Waals surface area contributed by atoms with Crippen molar-refractivity contribution in [2.45, 2.75) is 20.0 Å². The molecule has 118 valence electrons. The highest BCUT2D eigenvalue weighted by molar-refractivity contribution is 7.92. The molecule has 0 aromatic heterocycles. The fourth-order valence-corrected chi connectivity index (χ4v) is 2.45. The SMILES string of the molecule is COc1ccc(C(=O)O)c(NS(=O)(=O)CCOC(C)C)c1. The van der Waals surface area contributed by atoms with E-state index in [0.717, 1.165) is 0 Å². The second-order valence-electron chi connectivity index (χ2n) is 4.56. The van der Waals surface area contributed by atoms with E-state index in [2.05, 4.69) is 4.72 Å². The number of benzene rings is 1. The molecule has 0 bridgehead atoms. The van der Waals surface area contributed by atoms with Crippen molar-refractivity contribution in [3.63, 3.8) is 0 Å². The highest BCUT2D eigenvalue weighted by Crippen LogP contribution is 2.23. The first-order valence-electron chi connectivity index (χ1n) is 6.28. The zero-order chi connectivity index (χ0) is 16.0. The Morgan fingerprint density at radius 3 is 2.57 bits per heavy atom. The van der Waals surface area contributed by atoms with Gasteiger partial charge in [-0.25, -0.2) is 13.2 Å². The summed E-state index contributed by atoms with van der Waals surface area (Å²) < 4.78 is 36.3. The molecule has 2 N–H and O–H groups in total. The molecule has 0 aliphatic rings. The van der Waals surface area contributed by atoms with E-state index < -0.39 is 16.0 Å². The number of carboxylic acid groups (broad SMARTS) is 1. The maximum atomic E-state index is 11.9. The Balaban J connectivity index is 2.91. The summed E-state index contributed by atoms with van der Waals surface area (Å²) >= 11 is 0. The number of sulfonamides is 1. The van der Waals surface area contributed by atoms with Crippen LogP contribution in [0.1, 0.15) is 24.2 Å². The molecule has 0 aliphatic heterocycles. The first-order chi connectivity index (χ1) is 9.75. The summed E-state index contributed by atoms with van der Waals surface area (Å²) in [7, 11) is -2.30. The van der Waals surface area contributed by atoms with Crippen LogP contribution in [0.4, 0.5) is 5.69 Å². The van der Waals surface area contributed by atoms with E-state index in [-0.39, 0.29) is 29.7 Å². The first-order valence-corrected chi connectivity index (χ1v) is 7.94. The number of methoxy groups -OCH3 is 1. The third-order valence-corrected chi connectivity index (χ3v) is 3.76. The minimum atomic E-state index is -3.71. The lowest BCUT2D eigenvalue weighted by Crippen LogP contribution is -2.22. The van der Waals surface area contributed by atoms with Gasteiger partial charge in [0, 0.05) is 6.07 Å². The molecule has 0 fully saturated rings. The highest BCUT2D eigenvalue weighted by atomic mass is 32.2. The van der Waals surface area contributed by atoms with Crippen molar-refractivity contribution in [2.24, 2.45) is 0 Å². The van der Waals surface area contributed by atoms with Crippen LogP contribution in [-0.4, -0.2) is 45.1 Å². The predicted octanol–water partition coefficient (Wildman–Crippen LogP) is 1.56. The number of anilines is 1. The van der Waals surface area contributed by atoms with E-state index in [4.69, 9.17) is 14.6 Å². The van der Waals surface area contributed by atoms with Crippen molar-refractivity contribution < 1.29 is 27.8 Å². The molecule has 8 heteroatoms. The van der Waals surface area contributed by atoms with Crippen LogP contribution in [-0.2, 0) is 14.8 Å². The van der Waals surface area contributed by atoms with Gasteiger partial charge < -0.3 is 14.6 Å². The minimum absolute atomic E-state index is 0.0272. The number of carboxylic acids is 1. The van der Waals surface area contributed by atoms with E-state index in [9.17, 15) is 13.2 Å². The van der Waals surface area contributed by atoms with Gasteiger partial charge in [0.2, 0.25) is 10.0 Å². The fourth-order valence-electron chi connectivity index (χ4n) is 1.53. The van der Waals surface area contributed by atoms with Crippen LogP contribution in [0.3, 0.4) is 0 Å². The van der Waals surface area contributed by atoms with Gasteiger partial charge in [-0.3, -0.25) is 4.72 Å². The van der Waals surface area contributed by atoms with Crippen LogP contribution in [0.5, 0.6) is 5.75 Å². The Morgan fingerprint density at radius 1 is 1.38 bits per heavy atom. The maximum Gasteiger partial charge on any atom is 0.337 e. The number of ether oxygens (including phenoxy) is 2. The van der Waals surface area contributed by atoms with Crippen LogP contribution < -0.4 is 9.46 Å². The van der Waals surface area contributed by atoms with Crippen molar-refractivity contribution >= 4 is 21.7 Å². The van der Waals surface area contributed by atoms with E-state index in [1.54, 1.807) is 13.8 Å². The summed E-state index contributed by atoms with van der Waals surface area (Å²) in [6.45, 7) is 3.62. The Morgan fingerprint density at radius 2 is 2.05 bits per heavy atom. The highest BCUT2D eigenvalue weighted by Gasteiger charge is 2.17. The van der Waals surface area contributed by atoms with Crippen LogP contribution in [0.15, 0.2) is 18.2 Å². The van der Waals surface area contributed by atoms with Crippen molar-refractivity contribution in [1.29, 1.82) is 0 Å². The second kappa shape index (κ2) is 7.28. The summed E-state index contributed by atoms with van der Waals surface area (Å²) in [6.07, 6.45) is -0.0772. The van der Waals surface area contributed by atoms with Gasteiger partial charge >= 0.3 is 5.97 Å². The van der Waals surface area contributed by atoms with Gasteiger partial charge in [0.05, 0.1) is 36.8 Å². The average Bonchev–Trinajstić information content (AvgIpc) is 2.36. The molecule has 21 heavy (non-hydrogen) atoms. The molecule has 1 aromatic carbocycles. The maximum absolute atomic E-state index is 11.9. The van der Waals surface area contributed by atoms with Gasteiger partial charge in [0.1, 0.15) is 5.75 Å². The van der Waals surface area contributed by atoms with Gasteiger partial charge in [0.15, 0.2) is 0 Å². The van der Waals surface area contributed by atoms with E-state index >= 15 is 0 Å². The standard InChI is InChI=1S/C13H19NO6S/c1-9(2)20-6-7-21(17,18)14-12-8-10(19-3)4-5-11(12)13(15)16/h4-5,8-9,14H,6-7H2,1-3H3,(H,15,16). The largest absolute Gasteiger partial charge is 0.497 e. The molecule has 0 saturated heterocycles. The number of nitrogens with one attached hydrogen (secondary N) is 1. The summed E-state index contributed by atoms with van der Waals surface area (Å²) in [5, 5.41) is 9.07. The third kappa shape index (κ3) is 5.60. The van der Waals surface area contributed by atoms with Crippen molar-refractivity contribution in [1.82, 2.24) is 0 Å². The predicted molar refractivity (Wildman–Crippen MR) is 78.5 cm³/mol. The molecule has 0 saturated carbocycles. The molecule has 7 nitrogen and oxygen atoms in total. The van der Waals surface area contributed by atoms with Gasteiger partial charge in [-0.1, -0.05) is 0 Å². The van der Waals surface area contributed by atoms with Crippen molar-refractivity contribution in [3.05, 3.63) is 23.8 Å². The molecule has 0 atom stereocenters. The lowest BCUT2D eigenvalue weighted by Gasteiger charge is -2.13. The Hall–Kier alpha value is -1.80. The molecule has 0 amide bonds. The van der Waals surface area contributed by atoms with Crippen LogP contribution >= 0.6 is 0 Å². The van der Waals surface area contributed by atoms with Crippen molar-refractivity contribution in [3.8, 4) is 5.75 Å². The van der Waals surface area contributed by atoms with Crippen LogP contribution in [0.25, 0.3) is 0 Å². The quantitative estimate of drug-likeness (QED) is 0.754. The Bertz CT molecular complexity index is 597. The zero-order valence-corrected chi connectivity index (χ0v) is 12.9. The Kier molecular flexibility index (Phi) is 5.98. The lowest BCUT2D eigenvalue weighted by atomic mass is 10.2. The van der Waals surface area contributed by atoms with E-state index in [1.807, 2.05) is 0 Å². The summed E-state index contributed by atoms with van der Waals surface area (Å²) in [6, 6.07) is 4.05. The van der Waals surface area contributed by atoms with Crippen LogP contribution in [0.2, 0.25) is 0 Å². The normalized spacial score (nSPS) is 11.4. The fraction of sp³-hybridized carbons (Fsp3) is 0.462. The summed E-state index contributed by atoms with van der Waals surface area (Å²) in [5.74, 6) is -1.13. The molecule has 0 spiro atoms. The third-order valence-electron chi connectivity index (χ3n) is 2.53. The van der Waals surface area contributed by atoms with E-state index in [1.165, 1.54) is 25.3 Å². The molecule has 1 rings (SSSR count). The second-order valence-corrected chi connectivity index (χ2v) is 6.40. The van der Waals surface area contributed by atoms with Crippen molar-refractivity contribution in [2.75, 3.05) is 24.2 Å². The van der Waals surface area contributed by atoms with Gasteiger partial charge in [0.25, 0.3) is 0 Å². The molecule has 1 aromatic rings. The summed E-state index contributed by atoms with van der Waals surface area (Å²) in [4.78, 5) is 11.1. The van der Waals surface area contributed by atoms with Gasteiger partial charge in [-0.05, 0) is 26.0 Å². The van der Waals surface area contributed by atoms with Crippen LogP contribution in [0, 0.1) is 0 Å². The minimum Gasteiger partial charge on any atom is -0.497 e. The monoisotopic (exact) mass is 317 g/mol. The van der Waals surface area contributed by atoms with E-state index in [0.29, 0.717) is 5.75 Å². The average molecular weight is 317 g/mol. The Labute approximate surface area is 123 Å². The first kappa shape index (κ1) is 17.3. The number of carbonyl (C=O) groups is 1. The number of rotatable bonds is 8. The number of aromatic carboxylic acids is 1.